The SMILES string of the molecule is Cn1[c](=[Pt])n(-c2cccc(N(c3cccc(-c4ccccn4)c3)c3c(-c4ccccc4)cccc3-c3ccccc3)c2)c2ccccc21. The molecule has 0 N–H and O–H groups in total. The first-order valence-corrected chi connectivity index (χ1v) is 17.1. The molecule has 0 radical (unpaired) electrons. The van der Waals surface area contributed by atoms with Gasteiger partial charge in [-0.05, 0) is 6.07 Å². The number of benzene rings is 6. The quantitative estimate of drug-likeness (QED) is 0.161. The Bertz CT molecular complexity index is 2370. The van der Waals surface area contributed by atoms with Crippen LogP contribution in [0, 0.1) is 3.80 Å². The van der Waals surface area contributed by atoms with E-state index in [-0.39, 0.29) is 0 Å². The van der Waals surface area contributed by atoms with E-state index in [2.05, 4.69) is 198 Å². The van der Waals surface area contributed by atoms with Crippen LogP contribution >= 0.6 is 0 Å². The van der Waals surface area contributed by atoms with Crippen LogP contribution in [-0.2, 0) is 26.4 Å². The van der Waals surface area contributed by atoms with Crippen LogP contribution in [0.1, 0.15) is 0 Å². The van der Waals surface area contributed by atoms with Crippen molar-refractivity contribution in [3.63, 3.8) is 0 Å². The number of nitrogens with zero attached hydrogens (tertiary/aromatic N) is 4. The second-order valence-corrected chi connectivity index (χ2v) is 12.7. The normalized spacial score (nSPS) is 11.1. The van der Waals surface area contributed by atoms with Crippen LogP contribution in [0.3, 0.4) is 0 Å². The summed E-state index contributed by atoms with van der Waals surface area (Å²) in [6, 6.07) is 60.2. The van der Waals surface area contributed by atoms with Gasteiger partial charge in [0.2, 0.25) is 0 Å². The van der Waals surface area contributed by atoms with Gasteiger partial charge >= 0.3 is 287 Å². The Morgan fingerprint density at radius 2 is 1.08 bits per heavy atom. The number of aryl methyl sites for hydroxylation is 1. The Hall–Kier alpha value is -5.57. The van der Waals surface area contributed by atoms with Crippen molar-refractivity contribution in [2.75, 3.05) is 4.90 Å². The third kappa shape index (κ3) is 5.45. The number of imidazole rings is 1. The van der Waals surface area contributed by atoms with E-state index in [0.717, 1.165) is 60.1 Å². The summed E-state index contributed by atoms with van der Waals surface area (Å²) in [6.07, 6.45) is 1.85. The molecule has 0 saturated heterocycles. The number of aromatic nitrogens is 3. The molecule has 5 heteroatoms. The second kappa shape index (κ2) is 12.9. The molecular formula is C43H32N4Pt. The third-order valence-corrected chi connectivity index (χ3v) is 10.0. The van der Waals surface area contributed by atoms with Crippen molar-refractivity contribution in [1.29, 1.82) is 0 Å². The summed E-state index contributed by atoms with van der Waals surface area (Å²) in [6.45, 7) is 0. The van der Waals surface area contributed by atoms with E-state index < -0.39 is 0 Å². The summed E-state index contributed by atoms with van der Waals surface area (Å²) in [5.41, 5.74) is 13.3. The molecule has 48 heavy (non-hydrogen) atoms. The molecule has 0 aliphatic carbocycles. The van der Waals surface area contributed by atoms with Gasteiger partial charge in [0.25, 0.3) is 0 Å². The molecule has 6 aromatic carbocycles. The first-order valence-electron chi connectivity index (χ1n) is 16.0. The zero-order valence-corrected chi connectivity index (χ0v) is 28.6. The Morgan fingerprint density at radius 3 is 1.75 bits per heavy atom. The predicted molar refractivity (Wildman–Crippen MR) is 194 cm³/mol. The van der Waals surface area contributed by atoms with Crippen molar-refractivity contribution >= 4 is 28.1 Å². The van der Waals surface area contributed by atoms with Gasteiger partial charge in [-0.1, -0.05) is 0 Å². The first-order chi connectivity index (χ1) is 23.7. The van der Waals surface area contributed by atoms with E-state index in [0.29, 0.717) is 0 Å². The molecule has 2 heterocycles. The van der Waals surface area contributed by atoms with E-state index in [4.69, 9.17) is 4.98 Å². The van der Waals surface area contributed by atoms with Crippen LogP contribution in [0.2, 0.25) is 0 Å². The molecule has 234 valence electrons. The molecule has 0 fully saturated rings. The molecule has 0 aliphatic heterocycles. The zero-order valence-electron chi connectivity index (χ0n) is 26.3. The molecule has 0 unspecified atom stereocenters. The zero-order chi connectivity index (χ0) is 32.5. The number of hydrogen-bond donors (Lipinski definition) is 0. The minimum atomic E-state index is 0.939. The van der Waals surface area contributed by atoms with Gasteiger partial charge < -0.3 is 0 Å². The van der Waals surface area contributed by atoms with Gasteiger partial charge in [-0.25, -0.2) is 0 Å². The fraction of sp³-hybridized carbons (Fsp3) is 0.0233. The number of fused-ring (bicyclic) bond motifs is 1. The van der Waals surface area contributed by atoms with E-state index in [1.807, 2.05) is 18.3 Å². The van der Waals surface area contributed by atoms with Gasteiger partial charge in [-0.3, -0.25) is 0 Å². The monoisotopic (exact) mass is 799 g/mol. The second-order valence-electron chi connectivity index (χ2n) is 11.7. The van der Waals surface area contributed by atoms with E-state index in [1.54, 1.807) is 0 Å². The average molecular weight is 800 g/mol. The molecule has 8 aromatic rings. The topological polar surface area (TPSA) is 26.0 Å². The molecule has 8 rings (SSSR count). The molecule has 0 saturated carbocycles. The molecule has 4 nitrogen and oxygen atoms in total. The van der Waals surface area contributed by atoms with E-state index >= 15 is 0 Å². The van der Waals surface area contributed by atoms with Gasteiger partial charge in [0, 0.05) is 0 Å². The third-order valence-electron chi connectivity index (χ3n) is 8.75. The van der Waals surface area contributed by atoms with Crippen molar-refractivity contribution in [3.8, 4) is 39.2 Å². The summed E-state index contributed by atoms with van der Waals surface area (Å²) >= 11 is 2.44. The fourth-order valence-electron chi connectivity index (χ4n) is 6.51. The van der Waals surface area contributed by atoms with Crippen molar-refractivity contribution in [1.82, 2.24) is 14.1 Å². The molecule has 0 atom stereocenters. The fourth-order valence-corrected chi connectivity index (χ4v) is 7.35. The van der Waals surface area contributed by atoms with Crippen LogP contribution in [0.15, 0.2) is 176 Å². The van der Waals surface area contributed by atoms with Crippen molar-refractivity contribution in [3.05, 3.63) is 180 Å². The number of rotatable bonds is 7. The van der Waals surface area contributed by atoms with Crippen LogP contribution in [0.4, 0.5) is 17.1 Å². The van der Waals surface area contributed by atoms with Crippen LogP contribution in [0.5, 0.6) is 0 Å². The van der Waals surface area contributed by atoms with E-state index in [9.17, 15) is 0 Å². The van der Waals surface area contributed by atoms with Gasteiger partial charge in [0.05, 0.1) is 0 Å². The Labute approximate surface area is 291 Å². The van der Waals surface area contributed by atoms with Gasteiger partial charge in [0.15, 0.2) is 0 Å². The first kappa shape index (κ1) is 29.8. The Morgan fingerprint density at radius 1 is 0.521 bits per heavy atom. The molecule has 0 bridgehead atoms. The van der Waals surface area contributed by atoms with Gasteiger partial charge in [-0.15, -0.1) is 0 Å². The van der Waals surface area contributed by atoms with E-state index in [1.165, 1.54) is 11.0 Å². The Kier molecular flexibility index (Phi) is 8.02. The minimum absolute atomic E-state index is 0.939. The van der Waals surface area contributed by atoms with Crippen LogP contribution in [-0.4, -0.2) is 14.1 Å². The standard InChI is InChI=1S/C43H32N4.Pt/c1-45-31-46(42-27-9-8-26-41(42)45)35-20-13-22-37(30-35)47(36-21-12-19-34(29-36)40-25-10-11-28-44-40)43-38(32-15-4-2-5-16-32)23-14-24-39(43)33-17-6-3-7-18-33;/h2-30H,1H3;. The summed E-state index contributed by atoms with van der Waals surface area (Å²) in [5, 5.41) is 0. The van der Waals surface area contributed by atoms with Gasteiger partial charge in [0.1, 0.15) is 0 Å². The molecule has 0 aliphatic rings. The maximum atomic E-state index is 4.70. The van der Waals surface area contributed by atoms with Gasteiger partial charge in [-0.2, -0.15) is 0 Å². The summed E-state index contributed by atoms with van der Waals surface area (Å²) in [7, 11) is 2.13. The molecular weight excluding hydrogens is 768 g/mol. The predicted octanol–water partition coefficient (Wildman–Crippen LogP) is 10.9. The summed E-state index contributed by atoms with van der Waals surface area (Å²) in [5.74, 6) is 0. The average Bonchev–Trinajstić information content (AvgIpc) is 3.42. The maximum absolute atomic E-state index is 4.70. The van der Waals surface area contributed by atoms with Crippen LogP contribution < -0.4 is 4.90 Å². The van der Waals surface area contributed by atoms with Crippen molar-refractivity contribution in [2.45, 2.75) is 0 Å². The van der Waals surface area contributed by atoms with Crippen molar-refractivity contribution in [2.24, 2.45) is 7.05 Å². The molecule has 0 spiro atoms. The Balaban J connectivity index is 1.43. The number of hydrogen-bond acceptors (Lipinski definition) is 2. The van der Waals surface area contributed by atoms with Crippen LogP contribution in [0.25, 0.3) is 50.2 Å². The van der Waals surface area contributed by atoms with Crippen molar-refractivity contribution < 1.29 is 19.4 Å². The molecule has 0 amide bonds. The number of anilines is 3. The summed E-state index contributed by atoms with van der Waals surface area (Å²) < 4.78 is 5.71. The molecule has 2 aromatic heterocycles. The summed E-state index contributed by atoms with van der Waals surface area (Å²) in [4.78, 5) is 7.11. The number of pyridine rings is 1. The number of para-hydroxylation sites is 3.